The van der Waals surface area contributed by atoms with Gasteiger partial charge in [0.05, 0.1) is 0 Å². The Morgan fingerprint density at radius 2 is 2.00 bits per heavy atom. The number of nitrogens with one attached hydrogen (secondary N) is 1. The van der Waals surface area contributed by atoms with Crippen LogP contribution in [-0.2, 0) is 0 Å². The van der Waals surface area contributed by atoms with E-state index in [9.17, 15) is 9.90 Å². The Hall–Kier alpha value is -1.99. The van der Waals surface area contributed by atoms with Crippen molar-refractivity contribution < 1.29 is 9.84 Å². The van der Waals surface area contributed by atoms with E-state index in [1.165, 1.54) is 0 Å². The molecule has 1 atom stereocenters. The summed E-state index contributed by atoms with van der Waals surface area (Å²) in [4.78, 5) is 15.1. The minimum atomic E-state index is -0.551. The van der Waals surface area contributed by atoms with Gasteiger partial charge in [0.1, 0.15) is 18.5 Å². The van der Waals surface area contributed by atoms with Crippen LogP contribution < -0.4 is 15.5 Å². The van der Waals surface area contributed by atoms with Gasteiger partial charge in [-0.2, -0.15) is 0 Å². The lowest BCUT2D eigenvalue weighted by Crippen LogP contribution is -2.47. The molecule has 1 fully saturated rings. The third kappa shape index (κ3) is 3.99. The normalized spacial score (nSPS) is 16.7. The summed E-state index contributed by atoms with van der Waals surface area (Å²) in [6, 6.07) is 11.5. The second kappa shape index (κ2) is 7.94. The number of β-amino-alcohol motifs (C(OH)–C–C–N with tert-alkyl or cyclic N) is 1. The van der Waals surface area contributed by atoms with Crippen molar-refractivity contribution in [2.24, 2.45) is 0 Å². The molecule has 4 rings (SSSR count). The van der Waals surface area contributed by atoms with Gasteiger partial charge in [-0.15, -0.1) is 11.3 Å². The fourth-order valence-corrected chi connectivity index (χ4v) is 4.68. The van der Waals surface area contributed by atoms with Crippen LogP contribution in [-0.4, -0.2) is 55.4 Å². The van der Waals surface area contributed by atoms with Crippen LogP contribution in [0.25, 0.3) is 20.2 Å². The Morgan fingerprint density at radius 3 is 2.81 bits per heavy atom. The number of piperazine rings is 1. The van der Waals surface area contributed by atoms with Crippen molar-refractivity contribution in [3.05, 3.63) is 52.2 Å². The number of benzene rings is 2. The maximum Gasteiger partial charge on any atom is 0.196 e. The van der Waals surface area contributed by atoms with E-state index in [1.54, 1.807) is 11.3 Å². The van der Waals surface area contributed by atoms with Gasteiger partial charge in [0.15, 0.2) is 5.43 Å². The zero-order valence-corrected chi connectivity index (χ0v) is 16.2. The van der Waals surface area contributed by atoms with E-state index in [4.69, 9.17) is 4.74 Å². The first-order valence-electron chi connectivity index (χ1n) is 9.32. The maximum atomic E-state index is 12.9. The smallest absolute Gasteiger partial charge is 0.196 e. The predicted octanol–water partition coefficient (Wildman–Crippen LogP) is 2.37. The Balaban J connectivity index is 1.54. The molecule has 3 aromatic rings. The monoisotopic (exact) mass is 384 g/mol. The largest absolute Gasteiger partial charge is 0.491 e. The lowest BCUT2D eigenvalue weighted by atomic mass is 10.1. The van der Waals surface area contributed by atoms with E-state index >= 15 is 0 Å². The Kier molecular flexibility index (Phi) is 5.41. The molecule has 1 unspecified atom stereocenters. The average molecular weight is 385 g/mol. The summed E-state index contributed by atoms with van der Waals surface area (Å²) in [5.74, 6) is 0.638. The second-order valence-corrected chi connectivity index (χ2v) is 8.11. The molecular weight excluding hydrogens is 360 g/mol. The van der Waals surface area contributed by atoms with Crippen LogP contribution in [0, 0.1) is 6.92 Å². The summed E-state index contributed by atoms with van der Waals surface area (Å²) < 4.78 is 7.83. The zero-order valence-electron chi connectivity index (χ0n) is 15.4. The lowest BCUT2D eigenvalue weighted by molar-refractivity contribution is 0.0641. The van der Waals surface area contributed by atoms with Gasteiger partial charge >= 0.3 is 0 Å². The van der Waals surface area contributed by atoms with E-state index in [1.807, 2.05) is 43.3 Å². The highest BCUT2D eigenvalue weighted by molar-refractivity contribution is 7.24. The van der Waals surface area contributed by atoms with Crippen LogP contribution >= 0.6 is 11.3 Å². The zero-order chi connectivity index (χ0) is 18.8. The van der Waals surface area contributed by atoms with Gasteiger partial charge in [-0.3, -0.25) is 9.69 Å². The average Bonchev–Trinajstić information content (AvgIpc) is 2.68. The number of nitrogens with zero attached hydrogens (tertiary/aromatic N) is 1. The number of aliphatic hydroxyl groups is 1. The molecule has 27 heavy (non-hydrogen) atoms. The number of fused-ring (bicyclic) bond motifs is 2. The van der Waals surface area contributed by atoms with Crippen molar-refractivity contribution in [2.45, 2.75) is 13.0 Å². The van der Waals surface area contributed by atoms with Crippen LogP contribution in [0.3, 0.4) is 0 Å². The lowest BCUT2D eigenvalue weighted by Gasteiger charge is -2.29. The molecule has 2 N–H and O–H groups in total. The van der Waals surface area contributed by atoms with Crippen molar-refractivity contribution in [1.82, 2.24) is 10.2 Å². The topological polar surface area (TPSA) is 61.8 Å². The molecular formula is C21H24N2O3S. The first-order valence-corrected chi connectivity index (χ1v) is 10.1. The SMILES string of the molecule is Cc1cc(OCC(O)CN2CCNCC2)cc2c(=O)c3ccccc3sc12. The van der Waals surface area contributed by atoms with Gasteiger partial charge in [0, 0.05) is 52.9 Å². The fraction of sp³-hybridized carbons (Fsp3) is 0.381. The van der Waals surface area contributed by atoms with Gasteiger partial charge in [0.2, 0.25) is 0 Å². The summed E-state index contributed by atoms with van der Waals surface area (Å²) in [6.45, 7) is 6.63. The van der Waals surface area contributed by atoms with Crippen molar-refractivity contribution in [3.8, 4) is 5.75 Å². The summed E-state index contributed by atoms with van der Waals surface area (Å²) in [5, 5.41) is 15.0. The van der Waals surface area contributed by atoms with Gasteiger partial charge in [-0.1, -0.05) is 12.1 Å². The summed E-state index contributed by atoms with van der Waals surface area (Å²) >= 11 is 1.63. The second-order valence-electron chi connectivity index (χ2n) is 7.06. The molecule has 0 radical (unpaired) electrons. The standard InChI is InChI=1S/C21H24N2O3S/c1-14-10-16(26-13-15(24)12-23-8-6-22-7-9-23)11-18-20(25)17-4-2-3-5-19(17)27-21(14)18/h2-5,10-11,15,22,24H,6-9,12-13H2,1H3. The molecule has 1 aromatic heterocycles. The molecule has 1 saturated heterocycles. The van der Waals surface area contributed by atoms with Crippen molar-refractivity contribution in [1.29, 1.82) is 0 Å². The van der Waals surface area contributed by atoms with Crippen LogP contribution in [0.4, 0.5) is 0 Å². The summed E-state index contributed by atoms with van der Waals surface area (Å²) in [7, 11) is 0. The van der Waals surface area contributed by atoms with E-state index in [0.29, 0.717) is 17.7 Å². The van der Waals surface area contributed by atoms with E-state index in [-0.39, 0.29) is 12.0 Å². The molecule has 6 heteroatoms. The highest BCUT2D eigenvalue weighted by Crippen LogP contribution is 2.30. The third-order valence-corrected chi connectivity index (χ3v) is 6.28. The van der Waals surface area contributed by atoms with Crippen molar-refractivity contribution in [2.75, 3.05) is 39.3 Å². The molecule has 0 aliphatic carbocycles. The minimum Gasteiger partial charge on any atom is -0.491 e. The molecule has 0 spiro atoms. The number of ether oxygens (including phenoxy) is 1. The number of rotatable bonds is 5. The quantitative estimate of drug-likeness (QED) is 0.662. The van der Waals surface area contributed by atoms with Gasteiger partial charge < -0.3 is 15.2 Å². The van der Waals surface area contributed by atoms with E-state index in [0.717, 1.165) is 46.5 Å². The Morgan fingerprint density at radius 1 is 1.22 bits per heavy atom. The number of hydrogen-bond donors (Lipinski definition) is 2. The minimum absolute atomic E-state index is 0.0364. The number of aryl methyl sites for hydroxylation is 1. The van der Waals surface area contributed by atoms with Gasteiger partial charge in [0.25, 0.3) is 0 Å². The molecule has 0 amide bonds. The first-order chi connectivity index (χ1) is 13.1. The fourth-order valence-electron chi connectivity index (χ4n) is 3.56. The number of hydrogen-bond acceptors (Lipinski definition) is 6. The van der Waals surface area contributed by atoms with E-state index < -0.39 is 6.10 Å². The first kappa shape index (κ1) is 18.4. The molecule has 0 bridgehead atoms. The Bertz CT molecular complexity index is 1010. The van der Waals surface area contributed by atoms with Gasteiger partial charge in [-0.05, 0) is 36.8 Å². The molecule has 2 aromatic carbocycles. The molecule has 1 aliphatic heterocycles. The Labute approximate surface area is 162 Å². The van der Waals surface area contributed by atoms with Crippen LogP contribution in [0.2, 0.25) is 0 Å². The summed E-state index contributed by atoms with van der Waals surface area (Å²) in [6.07, 6.45) is -0.551. The third-order valence-electron chi connectivity index (χ3n) is 4.96. The molecule has 142 valence electrons. The van der Waals surface area contributed by atoms with Crippen molar-refractivity contribution >= 4 is 31.5 Å². The molecule has 5 nitrogen and oxygen atoms in total. The summed E-state index contributed by atoms with van der Waals surface area (Å²) in [5.41, 5.74) is 1.06. The van der Waals surface area contributed by atoms with Crippen molar-refractivity contribution in [3.63, 3.8) is 0 Å². The van der Waals surface area contributed by atoms with Crippen LogP contribution in [0.15, 0.2) is 41.2 Å². The molecule has 1 aliphatic rings. The number of aliphatic hydroxyl groups excluding tert-OH is 1. The highest BCUT2D eigenvalue weighted by atomic mass is 32.1. The molecule has 0 saturated carbocycles. The van der Waals surface area contributed by atoms with Crippen LogP contribution in [0.5, 0.6) is 5.75 Å². The van der Waals surface area contributed by atoms with E-state index in [2.05, 4.69) is 10.2 Å². The highest BCUT2D eigenvalue weighted by Gasteiger charge is 2.15. The maximum absolute atomic E-state index is 12.9. The van der Waals surface area contributed by atoms with Crippen LogP contribution in [0.1, 0.15) is 5.56 Å². The predicted molar refractivity (Wildman–Crippen MR) is 111 cm³/mol. The molecule has 2 heterocycles. The van der Waals surface area contributed by atoms with Gasteiger partial charge in [-0.25, -0.2) is 0 Å².